The van der Waals surface area contributed by atoms with E-state index in [4.69, 9.17) is 37.1 Å². The number of aromatic nitrogens is 3. The van der Waals surface area contributed by atoms with Crippen LogP contribution in [0.4, 0.5) is 29.2 Å². The molecule has 5 aromatic rings. The van der Waals surface area contributed by atoms with Gasteiger partial charge in [-0.15, -0.1) is 12.4 Å². The molecule has 0 spiro atoms. The van der Waals surface area contributed by atoms with Crippen LogP contribution in [0.5, 0.6) is 11.5 Å². The highest BCUT2D eigenvalue weighted by atomic mass is 35.5. The molecule has 14 heteroatoms. The Kier molecular flexibility index (Phi) is 12.9. The standard InChI is InChI=1S/C33H34Cl2N8O3.ClH/c1-4-43(5-2)26-13-9-22(30(18-26)46-21-23-8-10-24(34)17-29(23)35)19-37-42-33-40-31(36-20-28-7-6-16-45-28)39-32(41-33)38-25-11-14-27(44-3)15-12-25;/h6-19H,4-5,20-21H2,1-3H3,(H3,36,38,39,40,41,42);1H/b37-19+;. The Hall–Kier alpha value is -4.71. The number of hydrazone groups is 1. The second-order valence-electron chi connectivity index (χ2n) is 9.88. The van der Waals surface area contributed by atoms with Crippen LogP contribution >= 0.6 is 35.6 Å². The van der Waals surface area contributed by atoms with Gasteiger partial charge >= 0.3 is 0 Å². The van der Waals surface area contributed by atoms with Gasteiger partial charge in [-0.25, -0.2) is 5.43 Å². The summed E-state index contributed by atoms with van der Waals surface area (Å²) in [6.45, 7) is 6.58. The minimum Gasteiger partial charge on any atom is -0.497 e. The summed E-state index contributed by atoms with van der Waals surface area (Å²) in [5, 5.41) is 11.9. The van der Waals surface area contributed by atoms with E-state index in [2.05, 4.69) is 54.9 Å². The van der Waals surface area contributed by atoms with Crippen LogP contribution in [0.25, 0.3) is 0 Å². The largest absolute Gasteiger partial charge is 0.497 e. The molecule has 3 aromatic carbocycles. The van der Waals surface area contributed by atoms with Crippen molar-refractivity contribution in [3.05, 3.63) is 106 Å². The van der Waals surface area contributed by atoms with Gasteiger partial charge in [-0.05, 0) is 74.5 Å². The van der Waals surface area contributed by atoms with E-state index in [1.165, 1.54) is 0 Å². The van der Waals surface area contributed by atoms with Crippen LogP contribution in [-0.2, 0) is 13.2 Å². The Bertz CT molecular complexity index is 1750. The maximum absolute atomic E-state index is 6.41. The Balaban J connectivity index is 0.00000500. The quantitative estimate of drug-likeness (QED) is 0.0726. The lowest BCUT2D eigenvalue weighted by molar-refractivity contribution is 0.306. The van der Waals surface area contributed by atoms with Crippen LogP contribution in [-0.4, -0.2) is 41.4 Å². The van der Waals surface area contributed by atoms with Gasteiger partial charge in [-0.1, -0.05) is 29.3 Å². The van der Waals surface area contributed by atoms with Gasteiger partial charge < -0.3 is 29.4 Å². The van der Waals surface area contributed by atoms with Gasteiger partial charge in [0, 0.05) is 51.7 Å². The first-order valence-electron chi connectivity index (χ1n) is 14.6. The van der Waals surface area contributed by atoms with E-state index in [1.807, 2.05) is 60.7 Å². The number of rotatable bonds is 15. The Morgan fingerprint density at radius 3 is 2.38 bits per heavy atom. The van der Waals surface area contributed by atoms with Gasteiger partial charge in [0.1, 0.15) is 23.9 Å². The first-order valence-corrected chi connectivity index (χ1v) is 15.4. The third-order valence-corrected chi connectivity index (χ3v) is 7.46. The molecule has 3 N–H and O–H groups in total. The highest BCUT2D eigenvalue weighted by molar-refractivity contribution is 6.35. The van der Waals surface area contributed by atoms with Crippen LogP contribution in [0.15, 0.2) is 88.6 Å². The molecule has 0 saturated carbocycles. The van der Waals surface area contributed by atoms with Crippen molar-refractivity contribution in [3.8, 4) is 11.5 Å². The zero-order valence-corrected chi connectivity index (χ0v) is 28.4. The number of ether oxygens (including phenoxy) is 2. The number of nitrogens with zero attached hydrogens (tertiary/aromatic N) is 5. The average Bonchev–Trinajstić information content (AvgIpc) is 3.59. The summed E-state index contributed by atoms with van der Waals surface area (Å²) in [6.07, 6.45) is 3.26. The van der Waals surface area contributed by atoms with Crippen molar-refractivity contribution in [1.29, 1.82) is 0 Å². The molecule has 11 nitrogen and oxygen atoms in total. The molecule has 0 aliphatic rings. The highest BCUT2D eigenvalue weighted by Crippen LogP contribution is 2.28. The van der Waals surface area contributed by atoms with Crippen LogP contribution in [0.2, 0.25) is 10.0 Å². The molecule has 0 bridgehead atoms. The van der Waals surface area contributed by atoms with Crippen molar-refractivity contribution < 1.29 is 13.9 Å². The number of furan rings is 1. The zero-order valence-electron chi connectivity index (χ0n) is 26.0. The lowest BCUT2D eigenvalue weighted by Gasteiger charge is -2.22. The van der Waals surface area contributed by atoms with Crippen molar-refractivity contribution in [2.75, 3.05) is 41.2 Å². The van der Waals surface area contributed by atoms with Gasteiger partial charge in [0.25, 0.3) is 0 Å². The maximum atomic E-state index is 6.41. The molecule has 2 heterocycles. The molecule has 47 heavy (non-hydrogen) atoms. The molecule has 0 unspecified atom stereocenters. The topological polar surface area (TPSA) is 122 Å². The van der Waals surface area contributed by atoms with Gasteiger partial charge in [0.2, 0.25) is 17.8 Å². The summed E-state index contributed by atoms with van der Waals surface area (Å²) in [6, 6.07) is 22.4. The summed E-state index contributed by atoms with van der Waals surface area (Å²) in [7, 11) is 1.62. The molecule has 0 aliphatic carbocycles. The third-order valence-electron chi connectivity index (χ3n) is 6.87. The summed E-state index contributed by atoms with van der Waals surface area (Å²) < 4.78 is 16.9. The monoisotopic (exact) mass is 696 g/mol. The van der Waals surface area contributed by atoms with Gasteiger partial charge in [-0.2, -0.15) is 20.1 Å². The van der Waals surface area contributed by atoms with Crippen LogP contribution in [0.3, 0.4) is 0 Å². The average molecular weight is 698 g/mol. The summed E-state index contributed by atoms with van der Waals surface area (Å²) in [5.41, 5.74) is 6.30. The number of benzene rings is 3. The maximum Gasteiger partial charge on any atom is 0.250 e. The van der Waals surface area contributed by atoms with Crippen LogP contribution < -0.4 is 30.4 Å². The molecule has 0 amide bonds. The molecule has 246 valence electrons. The summed E-state index contributed by atoms with van der Waals surface area (Å²) >= 11 is 12.5. The molecule has 0 aliphatic heterocycles. The van der Waals surface area contributed by atoms with Crippen molar-refractivity contribution in [1.82, 2.24) is 15.0 Å². The minimum atomic E-state index is 0. The zero-order chi connectivity index (χ0) is 32.3. The number of nitrogens with one attached hydrogen (secondary N) is 3. The molecule has 0 fully saturated rings. The molecule has 0 radical (unpaired) electrons. The first-order chi connectivity index (χ1) is 22.4. The fourth-order valence-corrected chi connectivity index (χ4v) is 4.90. The molecule has 2 aromatic heterocycles. The summed E-state index contributed by atoms with van der Waals surface area (Å²) in [5.74, 6) is 2.97. The molecule has 0 saturated heterocycles. The van der Waals surface area contributed by atoms with E-state index in [9.17, 15) is 0 Å². The third kappa shape index (κ3) is 9.89. The van der Waals surface area contributed by atoms with E-state index in [1.54, 1.807) is 31.7 Å². The predicted octanol–water partition coefficient (Wildman–Crippen LogP) is 8.43. The highest BCUT2D eigenvalue weighted by Gasteiger charge is 2.11. The van der Waals surface area contributed by atoms with Gasteiger partial charge in [-0.3, -0.25) is 0 Å². The van der Waals surface area contributed by atoms with E-state index < -0.39 is 0 Å². The Morgan fingerprint density at radius 2 is 1.68 bits per heavy atom. The molecule has 5 rings (SSSR count). The van der Waals surface area contributed by atoms with Crippen molar-refractivity contribution in [2.45, 2.75) is 27.0 Å². The Labute approximate surface area is 289 Å². The van der Waals surface area contributed by atoms with Gasteiger partial charge in [0.05, 0.1) is 26.1 Å². The molecular weight excluding hydrogens is 663 g/mol. The van der Waals surface area contributed by atoms with E-state index in [0.29, 0.717) is 34.2 Å². The number of hydrogen-bond acceptors (Lipinski definition) is 11. The number of hydrogen-bond donors (Lipinski definition) is 3. The van der Waals surface area contributed by atoms with Crippen molar-refractivity contribution >= 4 is 71.0 Å². The van der Waals surface area contributed by atoms with Crippen LogP contribution in [0, 0.1) is 0 Å². The molecule has 0 atom stereocenters. The van der Waals surface area contributed by atoms with Crippen molar-refractivity contribution in [3.63, 3.8) is 0 Å². The van der Waals surface area contributed by atoms with E-state index in [-0.39, 0.29) is 25.0 Å². The number of methoxy groups -OCH3 is 1. The molecular formula is C33H35Cl3N8O3. The van der Waals surface area contributed by atoms with Crippen molar-refractivity contribution in [2.24, 2.45) is 5.10 Å². The normalized spacial score (nSPS) is 10.7. The predicted molar refractivity (Wildman–Crippen MR) is 191 cm³/mol. The fourth-order valence-electron chi connectivity index (χ4n) is 4.44. The lowest BCUT2D eigenvalue weighted by Crippen LogP contribution is -2.21. The second-order valence-corrected chi connectivity index (χ2v) is 10.7. The second kappa shape index (κ2) is 17.3. The summed E-state index contributed by atoms with van der Waals surface area (Å²) in [4.78, 5) is 15.7. The first kappa shape index (κ1) is 35.1. The lowest BCUT2D eigenvalue weighted by atomic mass is 10.1. The minimum absolute atomic E-state index is 0. The van der Waals surface area contributed by atoms with Crippen LogP contribution in [0.1, 0.15) is 30.7 Å². The SMILES string of the molecule is CCN(CC)c1ccc(/C=N/Nc2nc(NCc3ccco3)nc(Nc3ccc(OC)cc3)n2)c(OCc2ccc(Cl)cc2Cl)c1.Cl. The van der Waals surface area contributed by atoms with E-state index >= 15 is 0 Å². The smallest absolute Gasteiger partial charge is 0.250 e. The van der Waals surface area contributed by atoms with E-state index in [0.717, 1.165) is 47.1 Å². The Morgan fingerprint density at radius 1 is 0.915 bits per heavy atom. The van der Waals surface area contributed by atoms with Gasteiger partial charge in [0.15, 0.2) is 0 Å². The number of halogens is 3. The fraction of sp³-hybridized carbons (Fsp3) is 0.212. The number of anilines is 5.